The molecule has 0 aliphatic carbocycles. The monoisotopic (exact) mass is 265 g/mol. The Morgan fingerprint density at radius 3 is 2.72 bits per heavy atom. The molecule has 0 bridgehead atoms. The first-order valence-corrected chi connectivity index (χ1v) is 6.91. The van der Waals surface area contributed by atoms with Crippen molar-refractivity contribution in [2.45, 2.75) is 39.2 Å². The van der Waals surface area contributed by atoms with Crippen LogP contribution in [0.3, 0.4) is 0 Å². The van der Waals surface area contributed by atoms with Crippen LogP contribution < -0.4 is 5.73 Å². The Labute approximate surface area is 111 Å². The fourth-order valence-electron chi connectivity index (χ4n) is 1.57. The third-order valence-corrected chi connectivity index (χ3v) is 3.82. The van der Waals surface area contributed by atoms with Crippen molar-refractivity contribution in [3.05, 3.63) is 28.0 Å². The van der Waals surface area contributed by atoms with E-state index in [1.165, 1.54) is 0 Å². The van der Waals surface area contributed by atoms with Gasteiger partial charge in [-0.3, -0.25) is 0 Å². The molecule has 0 atom stereocenters. The Balaban J connectivity index is 2.06. The van der Waals surface area contributed by atoms with Crippen molar-refractivity contribution in [2.24, 2.45) is 5.73 Å². The van der Waals surface area contributed by atoms with Crippen LogP contribution >= 0.6 is 11.3 Å². The molecule has 2 rings (SSSR count). The molecule has 0 fully saturated rings. The highest BCUT2D eigenvalue weighted by atomic mass is 32.1. The van der Waals surface area contributed by atoms with Gasteiger partial charge in [-0.2, -0.15) is 0 Å². The summed E-state index contributed by atoms with van der Waals surface area (Å²) in [6.45, 7) is 7.78. The normalized spacial score (nSPS) is 12.0. The van der Waals surface area contributed by atoms with Gasteiger partial charge in [-0.05, 0) is 6.54 Å². The highest BCUT2D eigenvalue weighted by molar-refractivity contribution is 7.09. The van der Waals surface area contributed by atoms with Gasteiger partial charge in [0.15, 0.2) is 0 Å². The lowest BCUT2D eigenvalue weighted by Gasteiger charge is -2.13. The predicted molar refractivity (Wildman–Crippen MR) is 72.7 cm³/mol. The zero-order valence-electron chi connectivity index (χ0n) is 11.1. The van der Waals surface area contributed by atoms with Crippen LogP contribution in [0.1, 0.15) is 37.2 Å². The summed E-state index contributed by atoms with van der Waals surface area (Å²) in [7, 11) is 0. The Kier molecular flexibility index (Phi) is 3.77. The van der Waals surface area contributed by atoms with Crippen molar-refractivity contribution >= 4 is 11.3 Å². The number of nitrogens with two attached hydrogens (primary N) is 1. The molecule has 0 aromatic carbocycles. The topological polar surface area (TPSA) is 69.6 Å². The van der Waals surface area contributed by atoms with Crippen LogP contribution in [0.5, 0.6) is 0 Å². The Morgan fingerprint density at radius 1 is 1.33 bits per heavy atom. The first-order valence-electron chi connectivity index (χ1n) is 6.03. The summed E-state index contributed by atoms with van der Waals surface area (Å²) in [6, 6.07) is 0. The fraction of sp³-hybridized carbons (Fsp3) is 0.583. The molecule has 0 saturated heterocycles. The number of nitrogens with zero attached hydrogens (tertiary/aromatic N) is 4. The highest BCUT2D eigenvalue weighted by Gasteiger charge is 2.18. The number of aromatic nitrogens is 4. The molecule has 0 aliphatic rings. The third kappa shape index (κ3) is 3.14. The summed E-state index contributed by atoms with van der Waals surface area (Å²) in [5.74, 6) is 0. The van der Waals surface area contributed by atoms with Crippen molar-refractivity contribution in [1.29, 1.82) is 0 Å². The van der Waals surface area contributed by atoms with E-state index in [4.69, 9.17) is 5.73 Å². The Morgan fingerprint density at radius 2 is 2.11 bits per heavy atom. The lowest BCUT2D eigenvalue weighted by molar-refractivity contribution is 0.577. The molecule has 98 valence electrons. The van der Waals surface area contributed by atoms with E-state index >= 15 is 0 Å². The maximum Gasteiger partial charge on any atom is 0.0982 e. The molecular formula is C12H19N5S. The van der Waals surface area contributed by atoms with E-state index in [1.54, 1.807) is 11.3 Å². The van der Waals surface area contributed by atoms with Gasteiger partial charge in [0.25, 0.3) is 0 Å². The van der Waals surface area contributed by atoms with E-state index in [0.717, 1.165) is 22.8 Å². The molecule has 6 heteroatoms. The van der Waals surface area contributed by atoms with Crippen molar-refractivity contribution < 1.29 is 0 Å². The third-order valence-electron chi connectivity index (χ3n) is 2.50. The standard InChI is InChI=1S/C12H19N5S/c1-12(2,3)11-14-10(8-18-11)7-17-6-9(4-5-13)15-16-17/h6,8H,4-5,7,13H2,1-3H3. The number of hydrogen-bond acceptors (Lipinski definition) is 5. The zero-order valence-corrected chi connectivity index (χ0v) is 11.9. The molecule has 0 spiro atoms. The van der Waals surface area contributed by atoms with Crippen molar-refractivity contribution in [3.63, 3.8) is 0 Å². The molecule has 18 heavy (non-hydrogen) atoms. The van der Waals surface area contributed by atoms with E-state index in [0.29, 0.717) is 13.1 Å². The molecule has 2 N–H and O–H groups in total. The van der Waals surface area contributed by atoms with Crippen LogP contribution in [-0.4, -0.2) is 26.5 Å². The maximum absolute atomic E-state index is 5.49. The minimum Gasteiger partial charge on any atom is -0.330 e. The van der Waals surface area contributed by atoms with Gasteiger partial charge in [-0.15, -0.1) is 16.4 Å². The maximum atomic E-state index is 5.49. The summed E-state index contributed by atoms with van der Waals surface area (Å²) in [5, 5.41) is 11.4. The van der Waals surface area contributed by atoms with Gasteiger partial charge in [-0.1, -0.05) is 26.0 Å². The highest BCUT2D eigenvalue weighted by Crippen LogP contribution is 2.25. The van der Waals surface area contributed by atoms with Crippen LogP contribution in [0, 0.1) is 0 Å². The molecule has 2 heterocycles. The lowest BCUT2D eigenvalue weighted by atomic mass is 9.98. The number of thiazole rings is 1. The molecular weight excluding hydrogens is 246 g/mol. The van der Waals surface area contributed by atoms with E-state index < -0.39 is 0 Å². The molecule has 0 amide bonds. The zero-order chi connectivity index (χ0) is 13.2. The molecule has 2 aromatic rings. The second-order valence-electron chi connectivity index (χ2n) is 5.34. The van der Waals surface area contributed by atoms with E-state index in [9.17, 15) is 0 Å². The molecule has 2 aromatic heterocycles. The second-order valence-corrected chi connectivity index (χ2v) is 6.20. The van der Waals surface area contributed by atoms with Gasteiger partial charge in [0.1, 0.15) is 0 Å². The molecule has 0 unspecified atom stereocenters. The summed E-state index contributed by atoms with van der Waals surface area (Å²) in [4.78, 5) is 4.64. The van der Waals surface area contributed by atoms with Gasteiger partial charge in [0.05, 0.1) is 22.9 Å². The SMILES string of the molecule is CC(C)(C)c1nc(Cn2cc(CCN)nn2)cs1. The molecule has 0 aliphatic heterocycles. The van der Waals surface area contributed by atoms with Crippen LogP contribution in [0.2, 0.25) is 0 Å². The van der Waals surface area contributed by atoms with Crippen LogP contribution in [-0.2, 0) is 18.4 Å². The quantitative estimate of drug-likeness (QED) is 0.911. The first kappa shape index (κ1) is 13.2. The van der Waals surface area contributed by atoms with Gasteiger partial charge >= 0.3 is 0 Å². The minimum atomic E-state index is 0.107. The van der Waals surface area contributed by atoms with Crippen LogP contribution in [0.4, 0.5) is 0 Å². The fourth-order valence-corrected chi connectivity index (χ4v) is 2.47. The molecule has 5 nitrogen and oxygen atoms in total. The van der Waals surface area contributed by atoms with Gasteiger partial charge in [0.2, 0.25) is 0 Å². The summed E-state index contributed by atoms with van der Waals surface area (Å²) in [6.07, 6.45) is 2.70. The van der Waals surface area contributed by atoms with E-state index in [-0.39, 0.29) is 5.41 Å². The molecule has 0 radical (unpaired) electrons. The molecule has 0 saturated carbocycles. The van der Waals surface area contributed by atoms with Gasteiger partial charge < -0.3 is 5.73 Å². The van der Waals surface area contributed by atoms with Gasteiger partial charge in [0, 0.05) is 23.4 Å². The Bertz CT molecular complexity index is 509. The second kappa shape index (κ2) is 5.16. The first-order chi connectivity index (χ1) is 8.49. The van der Waals surface area contributed by atoms with Crippen molar-refractivity contribution in [3.8, 4) is 0 Å². The van der Waals surface area contributed by atoms with E-state index in [1.807, 2.05) is 10.9 Å². The Hall–Kier alpha value is -1.27. The lowest BCUT2D eigenvalue weighted by Crippen LogP contribution is -2.11. The largest absolute Gasteiger partial charge is 0.330 e. The summed E-state index contributed by atoms with van der Waals surface area (Å²) < 4.78 is 1.81. The summed E-state index contributed by atoms with van der Waals surface area (Å²) >= 11 is 1.70. The van der Waals surface area contributed by atoms with Crippen molar-refractivity contribution in [1.82, 2.24) is 20.0 Å². The number of rotatable bonds is 4. The number of hydrogen-bond donors (Lipinski definition) is 1. The average Bonchev–Trinajstić information content (AvgIpc) is 2.88. The minimum absolute atomic E-state index is 0.107. The van der Waals surface area contributed by atoms with Crippen LogP contribution in [0.15, 0.2) is 11.6 Å². The van der Waals surface area contributed by atoms with E-state index in [2.05, 4.69) is 41.4 Å². The van der Waals surface area contributed by atoms with Gasteiger partial charge in [-0.25, -0.2) is 9.67 Å². The predicted octanol–water partition coefficient (Wildman–Crippen LogP) is 1.58. The van der Waals surface area contributed by atoms with Crippen molar-refractivity contribution in [2.75, 3.05) is 6.54 Å². The van der Waals surface area contributed by atoms with Crippen LogP contribution in [0.25, 0.3) is 0 Å². The summed E-state index contributed by atoms with van der Waals surface area (Å²) in [5.41, 5.74) is 7.56. The average molecular weight is 265 g/mol. The smallest absolute Gasteiger partial charge is 0.0982 e.